The quantitative estimate of drug-likeness (QED) is 0.840. The van der Waals surface area contributed by atoms with Gasteiger partial charge >= 0.3 is 0 Å². The third-order valence-corrected chi connectivity index (χ3v) is 4.19. The van der Waals surface area contributed by atoms with Crippen LogP contribution in [-0.2, 0) is 0 Å². The summed E-state index contributed by atoms with van der Waals surface area (Å²) in [6, 6.07) is 11.2. The second kappa shape index (κ2) is 4.41. The van der Waals surface area contributed by atoms with Crippen molar-refractivity contribution in [3.63, 3.8) is 0 Å². The highest BCUT2D eigenvalue weighted by Gasteiger charge is 2.23. The Balaban J connectivity index is 1.79. The molecule has 1 aliphatic heterocycles. The van der Waals surface area contributed by atoms with Crippen molar-refractivity contribution in [1.82, 2.24) is 0 Å². The fraction of sp³-hybridized carbons (Fsp3) is 0.286. The molecule has 2 atom stereocenters. The van der Waals surface area contributed by atoms with Crippen molar-refractivity contribution in [3.8, 4) is 0 Å². The van der Waals surface area contributed by atoms with E-state index in [9.17, 15) is 0 Å². The number of fused-ring (bicyclic) bond motifs is 1. The van der Waals surface area contributed by atoms with E-state index in [2.05, 4.69) is 58.6 Å². The van der Waals surface area contributed by atoms with Gasteiger partial charge in [-0.05, 0) is 5.56 Å². The van der Waals surface area contributed by atoms with E-state index in [-0.39, 0.29) is 0 Å². The lowest BCUT2D eigenvalue weighted by Crippen LogP contribution is -2.36. The second-order valence-electron chi connectivity index (χ2n) is 4.53. The summed E-state index contributed by atoms with van der Waals surface area (Å²) in [6.45, 7) is 3.27. The Bertz CT molecular complexity index is 492. The molecule has 2 heterocycles. The van der Waals surface area contributed by atoms with Gasteiger partial charge in [0, 0.05) is 23.2 Å². The molecule has 0 bridgehead atoms. The number of nitrogens with one attached hydrogen (secondary N) is 2. The van der Waals surface area contributed by atoms with Crippen molar-refractivity contribution in [2.45, 2.75) is 18.9 Å². The topological polar surface area (TPSA) is 24.1 Å². The minimum Gasteiger partial charge on any atom is -0.381 e. The largest absolute Gasteiger partial charge is 0.381 e. The van der Waals surface area contributed by atoms with Crippen molar-refractivity contribution < 1.29 is 0 Å². The molecule has 0 aliphatic carbocycles. The first-order valence-electron chi connectivity index (χ1n) is 5.96. The Labute approximate surface area is 106 Å². The Morgan fingerprint density at radius 3 is 2.76 bits per heavy atom. The van der Waals surface area contributed by atoms with Crippen molar-refractivity contribution in [2.24, 2.45) is 0 Å². The summed E-state index contributed by atoms with van der Waals surface area (Å²) in [5.74, 6) is 0.511. The average Bonchev–Trinajstić information content (AvgIpc) is 2.86. The summed E-state index contributed by atoms with van der Waals surface area (Å²) < 4.78 is 0. The molecule has 0 spiro atoms. The Morgan fingerprint density at radius 1 is 1.18 bits per heavy atom. The molecule has 17 heavy (non-hydrogen) atoms. The molecule has 3 heteroatoms. The van der Waals surface area contributed by atoms with Gasteiger partial charge in [-0.3, -0.25) is 0 Å². The molecule has 0 fully saturated rings. The molecule has 2 N–H and O–H groups in total. The van der Waals surface area contributed by atoms with Gasteiger partial charge in [-0.15, -0.1) is 11.3 Å². The predicted octanol–water partition coefficient (Wildman–Crippen LogP) is 3.76. The molecule has 88 valence electrons. The van der Waals surface area contributed by atoms with E-state index in [1.165, 1.54) is 16.9 Å². The summed E-state index contributed by atoms with van der Waals surface area (Å²) >= 11 is 1.74. The first kappa shape index (κ1) is 10.7. The smallest absolute Gasteiger partial charge is 0.0687 e. The summed E-state index contributed by atoms with van der Waals surface area (Å²) in [4.78, 5) is 0. The highest BCUT2D eigenvalue weighted by atomic mass is 32.1. The van der Waals surface area contributed by atoms with Crippen LogP contribution in [0.2, 0.25) is 0 Å². The molecule has 2 aromatic rings. The molecule has 1 aliphatic rings. The number of benzene rings is 1. The molecule has 3 rings (SSSR count). The molecule has 2 unspecified atom stereocenters. The zero-order chi connectivity index (χ0) is 11.7. The summed E-state index contributed by atoms with van der Waals surface area (Å²) in [7, 11) is 0. The summed E-state index contributed by atoms with van der Waals surface area (Å²) in [6.07, 6.45) is 0. The number of hydrogen-bond acceptors (Lipinski definition) is 3. The number of rotatable bonds is 2. The van der Waals surface area contributed by atoms with E-state index in [0.717, 1.165) is 6.54 Å². The third kappa shape index (κ3) is 2.03. The predicted molar refractivity (Wildman–Crippen MR) is 75.1 cm³/mol. The van der Waals surface area contributed by atoms with Crippen LogP contribution in [0.3, 0.4) is 0 Å². The molecule has 0 saturated carbocycles. The van der Waals surface area contributed by atoms with E-state index in [4.69, 9.17) is 0 Å². The molecule has 0 saturated heterocycles. The lowest BCUT2D eigenvalue weighted by atomic mass is 9.92. The van der Waals surface area contributed by atoms with Gasteiger partial charge in [0.25, 0.3) is 0 Å². The van der Waals surface area contributed by atoms with Crippen molar-refractivity contribution in [3.05, 3.63) is 46.7 Å². The van der Waals surface area contributed by atoms with Gasteiger partial charge in [-0.2, -0.15) is 0 Å². The molecule has 0 radical (unpaired) electrons. The van der Waals surface area contributed by atoms with Crippen molar-refractivity contribution >= 4 is 22.7 Å². The highest BCUT2D eigenvalue weighted by molar-refractivity contribution is 7.09. The molecule has 2 nitrogen and oxygen atoms in total. The van der Waals surface area contributed by atoms with Gasteiger partial charge in [0.05, 0.1) is 17.4 Å². The van der Waals surface area contributed by atoms with Gasteiger partial charge in [0.15, 0.2) is 0 Å². The van der Waals surface area contributed by atoms with Crippen LogP contribution in [0.1, 0.15) is 18.4 Å². The van der Waals surface area contributed by atoms with Gasteiger partial charge in [0.2, 0.25) is 0 Å². The summed E-state index contributed by atoms with van der Waals surface area (Å²) in [5.41, 5.74) is 3.88. The minimum atomic E-state index is 0.458. The molecule has 1 aromatic carbocycles. The van der Waals surface area contributed by atoms with Crippen LogP contribution in [0.15, 0.2) is 41.1 Å². The van der Waals surface area contributed by atoms with E-state index >= 15 is 0 Å². The van der Waals surface area contributed by atoms with Crippen LogP contribution in [0, 0.1) is 0 Å². The molecule has 0 amide bonds. The maximum atomic E-state index is 3.62. The molecule has 1 aromatic heterocycles. The standard InChI is InChI=1S/C14H16N2S/c1-10(11-5-3-2-4-6-11)12-7-15-13-8-17-9-14(13)16-12/h2-6,8-10,12,15-16H,7H2,1H3. The fourth-order valence-electron chi connectivity index (χ4n) is 2.31. The van der Waals surface area contributed by atoms with Gasteiger partial charge in [0.1, 0.15) is 0 Å². The van der Waals surface area contributed by atoms with Crippen LogP contribution in [0.25, 0.3) is 0 Å². The van der Waals surface area contributed by atoms with Crippen LogP contribution in [0.5, 0.6) is 0 Å². The van der Waals surface area contributed by atoms with Crippen LogP contribution in [0.4, 0.5) is 11.4 Å². The zero-order valence-electron chi connectivity index (χ0n) is 9.81. The van der Waals surface area contributed by atoms with Crippen LogP contribution >= 0.6 is 11.3 Å². The highest BCUT2D eigenvalue weighted by Crippen LogP contribution is 2.33. The SMILES string of the molecule is CC(c1ccccc1)C1CNc2cscc2N1. The number of anilines is 2. The Morgan fingerprint density at radius 2 is 1.94 bits per heavy atom. The maximum Gasteiger partial charge on any atom is 0.0687 e. The lowest BCUT2D eigenvalue weighted by molar-refractivity contribution is 0.619. The van der Waals surface area contributed by atoms with E-state index in [1.807, 2.05) is 0 Å². The normalized spacial score (nSPS) is 19.9. The van der Waals surface area contributed by atoms with E-state index < -0.39 is 0 Å². The monoisotopic (exact) mass is 244 g/mol. The third-order valence-electron chi connectivity index (χ3n) is 3.44. The van der Waals surface area contributed by atoms with E-state index in [0.29, 0.717) is 12.0 Å². The van der Waals surface area contributed by atoms with Crippen molar-refractivity contribution in [1.29, 1.82) is 0 Å². The van der Waals surface area contributed by atoms with Gasteiger partial charge in [-0.25, -0.2) is 0 Å². The van der Waals surface area contributed by atoms with Crippen LogP contribution < -0.4 is 10.6 Å². The van der Waals surface area contributed by atoms with Gasteiger partial charge in [-0.1, -0.05) is 37.3 Å². The second-order valence-corrected chi connectivity index (χ2v) is 5.27. The average molecular weight is 244 g/mol. The zero-order valence-corrected chi connectivity index (χ0v) is 10.6. The number of thiophene rings is 1. The lowest BCUT2D eigenvalue weighted by Gasteiger charge is -2.31. The molecular formula is C14H16N2S. The summed E-state index contributed by atoms with van der Waals surface area (Å²) in [5, 5.41) is 11.4. The maximum absolute atomic E-state index is 3.62. The first-order valence-corrected chi connectivity index (χ1v) is 6.90. The number of hydrogen-bond donors (Lipinski definition) is 2. The Kier molecular flexibility index (Phi) is 2.77. The Hall–Kier alpha value is -1.48. The molecular weight excluding hydrogens is 228 g/mol. The van der Waals surface area contributed by atoms with E-state index in [1.54, 1.807) is 11.3 Å². The van der Waals surface area contributed by atoms with Crippen LogP contribution in [-0.4, -0.2) is 12.6 Å². The van der Waals surface area contributed by atoms with Gasteiger partial charge < -0.3 is 10.6 Å². The fourth-order valence-corrected chi connectivity index (χ4v) is 3.05. The minimum absolute atomic E-state index is 0.458. The van der Waals surface area contributed by atoms with Crippen molar-refractivity contribution in [2.75, 3.05) is 17.2 Å². The first-order chi connectivity index (χ1) is 8.34.